The van der Waals surface area contributed by atoms with E-state index in [-0.39, 0.29) is 18.0 Å². The van der Waals surface area contributed by atoms with Gasteiger partial charge in [-0.25, -0.2) is 0 Å². The van der Waals surface area contributed by atoms with Crippen molar-refractivity contribution in [3.05, 3.63) is 108 Å². The number of anilines is 1. The smallest absolute Gasteiger partial charge is 0.163 e. The molecule has 0 spiro atoms. The molecule has 4 aromatic rings. The van der Waals surface area contributed by atoms with E-state index in [4.69, 9.17) is 4.74 Å². The monoisotopic (exact) mass is 506 g/mol. The first-order valence-electron chi connectivity index (χ1n) is 13.0. The van der Waals surface area contributed by atoms with Crippen LogP contribution in [0.3, 0.4) is 0 Å². The second kappa shape index (κ2) is 12.7. The third-order valence-electron chi connectivity index (χ3n) is 6.53. The highest BCUT2D eigenvalue weighted by atomic mass is 16.5. The summed E-state index contributed by atoms with van der Waals surface area (Å²) in [6.45, 7) is 6.43. The first-order chi connectivity index (χ1) is 18.5. The summed E-state index contributed by atoms with van der Waals surface area (Å²) in [5.41, 5.74) is 4.94. The number of aryl methyl sites for hydroxylation is 1. The van der Waals surface area contributed by atoms with Crippen LogP contribution >= 0.6 is 0 Å². The van der Waals surface area contributed by atoms with Gasteiger partial charge in [-0.3, -0.25) is 9.59 Å². The maximum Gasteiger partial charge on any atom is 0.163 e. The predicted molar refractivity (Wildman–Crippen MR) is 156 cm³/mol. The van der Waals surface area contributed by atoms with Gasteiger partial charge >= 0.3 is 0 Å². The molecule has 0 aliphatic heterocycles. The Kier molecular flexibility index (Phi) is 8.94. The normalized spacial score (nSPS) is 11.4. The molecular weight excluding hydrogens is 472 g/mol. The van der Waals surface area contributed by atoms with Gasteiger partial charge in [0.05, 0.1) is 6.42 Å². The number of allylic oxidation sites excluding steroid dienone is 2. The van der Waals surface area contributed by atoms with Crippen LogP contribution in [-0.4, -0.2) is 29.2 Å². The van der Waals surface area contributed by atoms with E-state index in [2.05, 4.69) is 18.7 Å². The number of nitrogens with zero attached hydrogens (tertiary/aromatic N) is 2. The third kappa shape index (κ3) is 6.88. The van der Waals surface area contributed by atoms with Crippen molar-refractivity contribution >= 4 is 40.3 Å². The molecule has 0 bridgehead atoms. The summed E-state index contributed by atoms with van der Waals surface area (Å²) in [4.78, 5) is 27.3. The Morgan fingerprint density at radius 2 is 1.61 bits per heavy atom. The number of ketones is 2. The van der Waals surface area contributed by atoms with Crippen molar-refractivity contribution in [1.82, 2.24) is 4.57 Å². The van der Waals surface area contributed by atoms with Gasteiger partial charge in [0.25, 0.3) is 0 Å². The highest BCUT2D eigenvalue weighted by Crippen LogP contribution is 2.28. The topological polar surface area (TPSA) is 51.5 Å². The van der Waals surface area contributed by atoms with Crippen molar-refractivity contribution in [1.29, 1.82) is 0 Å². The van der Waals surface area contributed by atoms with Gasteiger partial charge in [0.2, 0.25) is 0 Å². The lowest BCUT2D eigenvalue weighted by Crippen LogP contribution is -2.21. The second-order valence-corrected chi connectivity index (χ2v) is 9.19. The largest absolute Gasteiger partial charge is 0.488 e. The molecular formula is C33H34N2O3. The van der Waals surface area contributed by atoms with Gasteiger partial charge in [-0.05, 0) is 72.9 Å². The SMILES string of the molecule is CCN(CC)c1ccc(C=CC(=O)CC(=O)C=Cc2ccc3ccn(C)c3c2)c(OCc2ccccc2)c1. The molecule has 0 unspecified atom stereocenters. The van der Waals surface area contributed by atoms with E-state index < -0.39 is 0 Å². The van der Waals surface area contributed by atoms with E-state index >= 15 is 0 Å². The summed E-state index contributed by atoms with van der Waals surface area (Å²) < 4.78 is 8.20. The molecule has 0 N–H and O–H groups in total. The van der Waals surface area contributed by atoms with Gasteiger partial charge < -0.3 is 14.2 Å². The van der Waals surface area contributed by atoms with Crippen molar-refractivity contribution in [2.75, 3.05) is 18.0 Å². The standard InChI is InChI=1S/C33H34N2O3/c1-4-35(5-2)29-16-14-28(33(22-29)38-24-26-9-7-6-8-10-26)15-18-31(37)23-30(36)17-12-25-11-13-27-19-20-34(3)32(27)21-25/h6-22H,4-5,23-24H2,1-3H3. The third-order valence-corrected chi connectivity index (χ3v) is 6.53. The quantitative estimate of drug-likeness (QED) is 0.156. The number of hydrogen-bond donors (Lipinski definition) is 0. The van der Waals surface area contributed by atoms with E-state index in [0.29, 0.717) is 12.4 Å². The summed E-state index contributed by atoms with van der Waals surface area (Å²) >= 11 is 0. The lowest BCUT2D eigenvalue weighted by atomic mass is 10.1. The van der Waals surface area contributed by atoms with Gasteiger partial charge in [0.1, 0.15) is 12.4 Å². The average molecular weight is 507 g/mol. The summed E-state index contributed by atoms with van der Waals surface area (Å²) in [6, 6.07) is 24.0. The minimum Gasteiger partial charge on any atom is -0.488 e. The number of ether oxygens (including phenoxy) is 1. The molecule has 38 heavy (non-hydrogen) atoms. The Labute approximate surface area is 224 Å². The summed E-state index contributed by atoms with van der Waals surface area (Å²) in [7, 11) is 1.99. The zero-order chi connectivity index (χ0) is 26.9. The van der Waals surface area contributed by atoms with Crippen LogP contribution in [0.4, 0.5) is 5.69 Å². The van der Waals surface area contributed by atoms with E-state index in [9.17, 15) is 9.59 Å². The van der Waals surface area contributed by atoms with Crippen molar-refractivity contribution in [3.63, 3.8) is 0 Å². The van der Waals surface area contributed by atoms with E-state index in [1.165, 1.54) is 12.2 Å². The lowest BCUT2D eigenvalue weighted by Gasteiger charge is -2.22. The molecule has 1 heterocycles. The number of benzene rings is 3. The Morgan fingerprint density at radius 3 is 2.34 bits per heavy atom. The van der Waals surface area contributed by atoms with Crippen LogP contribution in [0.1, 0.15) is 37.0 Å². The van der Waals surface area contributed by atoms with Crippen molar-refractivity contribution in [2.24, 2.45) is 7.05 Å². The molecule has 0 saturated carbocycles. The van der Waals surface area contributed by atoms with Gasteiger partial charge in [0.15, 0.2) is 11.6 Å². The number of carbonyl (C=O) groups excluding carboxylic acids is 2. The molecule has 1 aromatic heterocycles. The molecule has 5 nitrogen and oxygen atoms in total. The lowest BCUT2D eigenvalue weighted by molar-refractivity contribution is -0.121. The molecule has 194 valence electrons. The van der Waals surface area contributed by atoms with Crippen molar-refractivity contribution in [2.45, 2.75) is 26.9 Å². The molecule has 5 heteroatoms. The maximum absolute atomic E-state index is 12.6. The highest BCUT2D eigenvalue weighted by Gasteiger charge is 2.10. The van der Waals surface area contributed by atoms with Crippen LogP contribution in [0.15, 0.2) is 91.1 Å². The van der Waals surface area contributed by atoms with Gasteiger partial charge in [-0.1, -0.05) is 48.5 Å². The van der Waals surface area contributed by atoms with Crippen LogP contribution in [-0.2, 0) is 23.2 Å². The van der Waals surface area contributed by atoms with E-state index in [1.807, 2.05) is 90.6 Å². The molecule has 0 radical (unpaired) electrons. The van der Waals surface area contributed by atoms with Gasteiger partial charge in [-0.15, -0.1) is 0 Å². The number of aromatic nitrogens is 1. The molecule has 0 aliphatic carbocycles. The van der Waals surface area contributed by atoms with E-state index in [1.54, 1.807) is 12.2 Å². The first-order valence-corrected chi connectivity index (χ1v) is 13.0. The Balaban J connectivity index is 1.43. The second-order valence-electron chi connectivity index (χ2n) is 9.19. The Bertz CT molecular complexity index is 1460. The van der Waals surface area contributed by atoms with Crippen molar-refractivity contribution < 1.29 is 14.3 Å². The van der Waals surface area contributed by atoms with Gasteiger partial charge in [-0.2, -0.15) is 0 Å². The number of carbonyl (C=O) groups is 2. The molecule has 4 rings (SSSR count). The molecule has 0 atom stereocenters. The summed E-state index contributed by atoms with van der Waals surface area (Å²) in [6.07, 6.45) is 8.25. The predicted octanol–water partition coefficient (Wildman–Crippen LogP) is 6.86. The van der Waals surface area contributed by atoms with Crippen LogP contribution in [0.25, 0.3) is 23.1 Å². The van der Waals surface area contributed by atoms with E-state index in [0.717, 1.165) is 46.4 Å². The molecule has 0 aliphatic rings. The zero-order valence-electron chi connectivity index (χ0n) is 22.3. The Hall–Kier alpha value is -4.38. The molecule has 0 saturated heterocycles. The molecule has 0 fully saturated rings. The number of rotatable bonds is 12. The minimum absolute atomic E-state index is 0.183. The fraction of sp³-hybridized carbons (Fsp3) is 0.212. The Morgan fingerprint density at radius 1 is 0.868 bits per heavy atom. The molecule has 3 aromatic carbocycles. The van der Waals surface area contributed by atoms with Crippen LogP contribution < -0.4 is 9.64 Å². The number of hydrogen-bond acceptors (Lipinski definition) is 4. The van der Waals surface area contributed by atoms with Crippen LogP contribution in [0, 0.1) is 0 Å². The minimum atomic E-state index is -0.251. The van der Waals surface area contributed by atoms with Crippen LogP contribution in [0.5, 0.6) is 5.75 Å². The number of fused-ring (bicyclic) bond motifs is 1. The van der Waals surface area contributed by atoms with Gasteiger partial charge in [0, 0.05) is 49.2 Å². The highest BCUT2D eigenvalue weighted by molar-refractivity contribution is 6.11. The van der Waals surface area contributed by atoms with Crippen molar-refractivity contribution in [3.8, 4) is 5.75 Å². The first kappa shape index (κ1) is 26.7. The fourth-order valence-corrected chi connectivity index (χ4v) is 4.35. The fourth-order valence-electron chi connectivity index (χ4n) is 4.35. The summed E-state index contributed by atoms with van der Waals surface area (Å²) in [5, 5.41) is 1.15. The molecule has 0 amide bonds. The van der Waals surface area contributed by atoms with Crippen LogP contribution in [0.2, 0.25) is 0 Å². The average Bonchev–Trinajstić information content (AvgIpc) is 3.31. The summed E-state index contributed by atoms with van der Waals surface area (Å²) in [5.74, 6) is 0.216. The zero-order valence-corrected chi connectivity index (χ0v) is 22.3. The maximum atomic E-state index is 12.6.